The summed E-state index contributed by atoms with van der Waals surface area (Å²) >= 11 is 1.35. The van der Waals surface area contributed by atoms with Crippen LogP contribution in [0.1, 0.15) is 21.6 Å². The number of aliphatic imine (C=N–C) groups is 1. The molecule has 0 atom stereocenters. The highest BCUT2D eigenvalue weighted by molar-refractivity contribution is 7.13. The molecule has 2 heterocycles. The van der Waals surface area contributed by atoms with E-state index < -0.39 is 0 Å². The Morgan fingerprint density at radius 2 is 2.30 bits per heavy atom. The smallest absolute Gasteiger partial charge is 0.212 e. The second-order valence-electron chi connectivity index (χ2n) is 4.50. The number of aryl methyl sites for hydroxylation is 1. The zero-order chi connectivity index (χ0) is 14.3. The van der Waals surface area contributed by atoms with E-state index in [1.54, 1.807) is 6.08 Å². The molecule has 0 radical (unpaired) electrons. The van der Waals surface area contributed by atoms with Crippen LogP contribution < -0.4 is 11.5 Å². The predicted octanol–water partition coefficient (Wildman–Crippen LogP) is 1.65. The summed E-state index contributed by atoms with van der Waals surface area (Å²) in [5, 5.41) is 2.37. The molecule has 1 aliphatic carbocycles. The fraction of sp³-hybridized carbons (Fsp3) is 0.154. The number of fused-ring (bicyclic) bond motifs is 1. The van der Waals surface area contributed by atoms with E-state index in [4.69, 9.17) is 11.5 Å². The number of nitrogens with two attached hydrogens (primary N) is 2. The van der Waals surface area contributed by atoms with Crippen molar-refractivity contribution in [2.24, 2.45) is 16.5 Å². The number of rotatable bonds is 2. The van der Waals surface area contributed by atoms with Gasteiger partial charge in [0.15, 0.2) is 11.7 Å². The van der Waals surface area contributed by atoms with Crippen LogP contribution in [0.2, 0.25) is 0 Å². The first-order chi connectivity index (χ1) is 9.56. The maximum Gasteiger partial charge on any atom is 0.212 e. The van der Waals surface area contributed by atoms with Gasteiger partial charge in [0.2, 0.25) is 5.13 Å². The lowest BCUT2D eigenvalue weighted by Gasteiger charge is -2.06. The van der Waals surface area contributed by atoms with Gasteiger partial charge >= 0.3 is 0 Å². The number of aromatic amines is 1. The number of hydrogen-bond acceptors (Lipinski definition) is 4. The first-order valence-electron chi connectivity index (χ1n) is 6.04. The first kappa shape index (κ1) is 12.6. The molecule has 0 unspecified atom stereocenters. The van der Waals surface area contributed by atoms with E-state index in [0.717, 1.165) is 34.6 Å². The highest BCUT2D eigenvalue weighted by Gasteiger charge is 2.23. The molecule has 0 bridgehead atoms. The summed E-state index contributed by atoms with van der Waals surface area (Å²) in [7, 11) is 0. The van der Waals surface area contributed by atoms with Gasteiger partial charge in [-0.2, -0.15) is 4.99 Å². The number of carbonyl (C=O) groups is 1. The molecule has 0 fully saturated rings. The number of thiazole rings is 1. The minimum atomic E-state index is -0.0197. The van der Waals surface area contributed by atoms with Crippen molar-refractivity contribution in [2.75, 3.05) is 0 Å². The van der Waals surface area contributed by atoms with Crippen LogP contribution in [0.5, 0.6) is 0 Å². The number of carbonyl (C=O) groups excluding carboxylic acids is 1. The van der Waals surface area contributed by atoms with Crippen molar-refractivity contribution >= 4 is 28.2 Å². The van der Waals surface area contributed by atoms with Gasteiger partial charge in [-0.15, -0.1) is 11.3 Å². The van der Waals surface area contributed by atoms with E-state index in [0.29, 0.717) is 5.13 Å². The molecule has 2 aromatic rings. The van der Waals surface area contributed by atoms with E-state index >= 15 is 0 Å². The SMILES string of the molecule is Cc1[nH]c(-c2csc(N=C(N)N)n2)c2c1C(=O)C=CC2. The lowest BCUT2D eigenvalue weighted by Crippen LogP contribution is -2.21. The van der Waals surface area contributed by atoms with Crippen LogP contribution in [0.3, 0.4) is 0 Å². The van der Waals surface area contributed by atoms with Gasteiger partial charge in [-0.25, -0.2) is 4.98 Å². The van der Waals surface area contributed by atoms with E-state index in [1.165, 1.54) is 11.3 Å². The number of H-pyrrole nitrogens is 1. The van der Waals surface area contributed by atoms with Crippen LogP contribution in [0.25, 0.3) is 11.4 Å². The minimum Gasteiger partial charge on any atom is -0.370 e. The summed E-state index contributed by atoms with van der Waals surface area (Å²) in [4.78, 5) is 23.5. The molecule has 102 valence electrons. The average Bonchev–Trinajstić information content (AvgIpc) is 2.94. The van der Waals surface area contributed by atoms with Crippen LogP contribution >= 0.6 is 11.3 Å². The van der Waals surface area contributed by atoms with E-state index in [-0.39, 0.29) is 11.7 Å². The molecule has 1 aliphatic rings. The maximum atomic E-state index is 11.9. The molecule has 0 aliphatic heterocycles. The highest BCUT2D eigenvalue weighted by Crippen LogP contribution is 2.33. The van der Waals surface area contributed by atoms with Crippen LogP contribution in [-0.4, -0.2) is 21.7 Å². The predicted molar refractivity (Wildman–Crippen MR) is 79.3 cm³/mol. The number of guanidine groups is 1. The zero-order valence-corrected chi connectivity index (χ0v) is 11.6. The van der Waals surface area contributed by atoms with Crippen molar-refractivity contribution in [1.82, 2.24) is 9.97 Å². The third-order valence-corrected chi connectivity index (χ3v) is 3.84. The Bertz CT molecular complexity index is 749. The summed E-state index contributed by atoms with van der Waals surface area (Å²) < 4.78 is 0. The molecule has 2 aromatic heterocycles. The Labute approximate surface area is 119 Å². The Morgan fingerprint density at radius 1 is 1.50 bits per heavy atom. The molecule has 3 rings (SSSR count). The normalized spacial score (nSPS) is 13.3. The standard InChI is InChI=1S/C13H13N5OS/c1-6-10-7(3-2-4-9(10)19)11(16-6)8-5-20-13(17-8)18-12(14)15/h2,4-5,16H,3H2,1H3,(H4,14,15,17,18). The monoisotopic (exact) mass is 287 g/mol. The molecule has 5 N–H and O–H groups in total. The summed E-state index contributed by atoms with van der Waals surface area (Å²) in [6, 6.07) is 0. The molecule has 0 aromatic carbocycles. The fourth-order valence-electron chi connectivity index (χ4n) is 2.34. The van der Waals surface area contributed by atoms with Gasteiger partial charge in [-0.05, 0) is 25.0 Å². The van der Waals surface area contributed by atoms with Crippen molar-refractivity contribution in [3.05, 3.63) is 34.4 Å². The third-order valence-electron chi connectivity index (χ3n) is 3.10. The van der Waals surface area contributed by atoms with Crippen molar-refractivity contribution in [1.29, 1.82) is 0 Å². The van der Waals surface area contributed by atoms with E-state index in [2.05, 4.69) is 15.0 Å². The van der Waals surface area contributed by atoms with Gasteiger partial charge in [0.05, 0.1) is 5.69 Å². The van der Waals surface area contributed by atoms with Crippen LogP contribution in [0.15, 0.2) is 22.5 Å². The molecule has 0 spiro atoms. The highest BCUT2D eigenvalue weighted by atomic mass is 32.1. The zero-order valence-electron chi connectivity index (χ0n) is 10.8. The van der Waals surface area contributed by atoms with Crippen molar-refractivity contribution in [3.8, 4) is 11.4 Å². The minimum absolute atomic E-state index is 0.0197. The Balaban J connectivity index is 2.08. The Hall–Kier alpha value is -2.41. The molecule has 0 saturated heterocycles. The molecule has 6 nitrogen and oxygen atoms in total. The number of hydrogen-bond donors (Lipinski definition) is 3. The van der Waals surface area contributed by atoms with Gasteiger partial charge in [0, 0.05) is 16.6 Å². The van der Waals surface area contributed by atoms with Crippen LogP contribution in [-0.2, 0) is 6.42 Å². The number of aromatic nitrogens is 2. The largest absolute Gasteiger partial charge is 0.370 e. The van der Waals surface area contributed by atoms with Gasteiger partial charge in [-0.3, -0.25) is 4.79 Å². The summed E-state index contributed by atoms with van der Waals surface area (Å²) in [5.41, 5.74) is 14.9. The molecular formula is C13H13N5OS. The summed E-state index contributed by atoms with van der Waals surface area (Å²) in [5.74, 6) is 0.0135. The van der Waals surface area contributed by atoms with Crippen molar-refractivity contribution in [3.63, 3.8) is 0 Å². The van der Waals surface area contributed by atoms with Crippen LogP contribution in [0, 0.1) is 6.92 Å². The molecule has 7 heteroatoms. The summed E-state index contributed by atoms with van der Waals surface area (Å²) in [6.45, 7) is 1.89. The lowest BCUT2D eigenvalue weighted by molar-refractivity contribution is 0.104. The second-order valence-corrected chi connectivity index (χ2v) is 5.34. The lowest BCUT2D eigenvalue weighted by atomic mass is 9.96. The number of allylic oxidation sites excluding steroid dienone is 2. The maximum absolute atomic E-state index is 11.9. The topological polar surface area (TPSA) is 110 Å². The number of nitrogens with zero attached hydrogens (tertiary/aromatic N) is 2. The Morgan fingerprint density at radius 3 is 3.05 bits per heavy atom. The molecule has 0 amide bonds. The summed E-state index contributed by atoms with van der Waals surface area (Å²) in [6.07, 6.45) is 4.19. The molecule has 20 heavy (non-hydrogen) atoms. The van der Waals surface area contributed by atoms with Gasteiger partial charge in [0.25, 0.3) is 0 Å². The third kappa shape index (κ3) is 2.01. The van der Waals surface area contributed by atoms with E-state index in [9.17, 15) is 4.79 Å². The van der Waals surface area contributed by atoms with Crippen LogP contribution in [0.4, 0.5) is 5.13 Å². The Kier molecular flexibility index (Phi) is 2.90. The molecule has 0 saturated carbocycles. The number of nitrogens with one attached hydrogen (secondary N) is 1. The van der Waals surface area contributed by atoms with Gasteiger partial charge in [-0.1, -0.05) is 6.08 Å². The van der Waals surface area contributed by atoms with Crippen molar-refractivity contribution in [2.45, 2.75) is 13.3 Å². The molecular weight excluding hydrogens is 274 g/mol. The fourth-order valence-corrected chi connectivity index (χ4v) is 3.04. The van der Waals surface area contributed by atoms with Gasteiger partial charge < -0.3 is 16.5 Å². The van der Waals surface area contributed by atoms with Crippen molar-refractivity contribution < 1.29 is 4.79 Å². The first-order valence-corrected chi connectivity index (χ1v) is 6.92. The number of ketones is 1. The quantitative estimate of drug-likeness (QED) is 0.576. The second kappa shape index (κ2) is 4.61. The van der Waals surface area contributed by atoms with Gasteiger partial charge in [0.1, 0.15) is 5.69 Å². The average molecular weight is 287 g/mol. The van der Waals surface area contributed by atoms with E-state index in [1.807, 2.05) is 18.4 Å².